The molecule has 78 valence electrons. The number of likely N-dealkylation sites (N-methyl/N-ethyl adjacent to an activating group) is 1. The van der Waals surface area contributed by atoms with E-state index in [0.717, 1.165) is 19.6 Å². The highest BCUT2D eigenvalue weighted by molar-refractivity contribution is 5.47. The Bertz CT molecular complexity index is 349. The molecule has 0 saturated carbocycles. The third-order valence-corrected chi connectivity index (χ3v) is 2.38. The predicted octanol–water partition coefficient (Wildman–Crippen LogP) is 0.0363. The number of rotatable bonds is 6. The molecule has 0 atom stereocenters. The Morgan fingerprint density at radius 1 is 1.29 bits per heavy atom. The van der Waals surface area contributed by atoms with Gasteiger partial charge in [-0.1, -0.05) is 13.8 Å². The molecule has 0 aliphatic heterocycles. The minimum atomic E-state index is -0.393. The lowest BCUT2D eigenvalue weighted by molar-refractivity contribution is 0.316. The maximum atomic E-state index is 10.9. The van der Waals surface area contributed by atoms with Gasteiger partial charge in [0.15, 0.2) is 0 Å². The summed E-state index contributed by atoms with van der Waals surface area (Å²) in [6, 6.07) is 1.35. The van der Waals surface area contributed by atoms with E-state index in [2.05, 4.69) is 24.1 Å². The average molecular weight is 196 g/mol. The Hall–Kier alpha value is -1.16. The number of nitrogens with zero attached hydrogens (tertiary/aromatic N) is 1. The van der Waals surface area contributed by atoms with E-state index in [1.54, 1.807) is 0 Å². The van der Waals surface area contributed by atoms with E-state index in [9.17, 15) is 9.59 Å². The van der Waals surface area contributed by atoms with Crippen molar-refractivity contribution in [3.05, 3.63) is 26.5 Å². The van der Waals surface area contributed by atoms with Crippen molar-refractivity contribution in [2.45, 2.75) is 13.8 Å². The molecule has 0 aromatic heterocycles. The van der Waals surface area contributed by atoms with Gasteiger partial charge in [-0.3, -0.25) is 9.59 Å². The van der Waals surface area contributed by atoms with E-state index in [4.69, 9.17) is 0 Å². The van der Waals surface area contributed by atoms with Crippen molar-refractivity contribution in [1.82, 2.24) is 4.90 Å². The SMILES string of the molecule is CCN(CC)CCNc1cc(=O)c1=O. The third kappa shape index (κ3) is 2.42. The van der Waals surface area contributed by atoms with E-state index in [0.29, 0.717) is 12.2 Å². The molecule has 1 aromatic rings. The molecule has 0 bridgehead atoms. The van der Waals surface area contributed by atoms with Gasteiger partial charge in [0.1, 0.15) is 0 Å². The van der Waals surface area contributed by atoms with Crippen LogP contribution in [0.3, 0.4) is 0 Å². The van der Waals surface area contributed by atoms with Gasteiger partial charge in [-0.15, -0.1) is 0 Å². The third-order valence-electron chi connectivity index (χ3n) is 2.38. The number of hydrogen-bond acceptors (Lipinski definition) is 4. The van der Waals surface area contributed by atoms with Crippen LogP contribution in [-0.2, 0) is 0 Å². The number of hydrogen-bond donors (Lipinski definition) is 1. The zero-order valence-corrected chi connectivity index (χ0v) is 8.67. The van der Waals surface area contributed by atoms with Crippen LogP contribution in [0.5, 0.6) is 0 Å². The summed E-state index contributed by atoms with van der Waals surface area (Å²) in [7, 11) is 0. The van der Waals surface area contributed by atoms with Gasteiger partial charge >= 0.3 is 0 Å². The molecule has 1 rings (SSSR count). The van der Waals surface area contributed by atoms with Crippen LogP contribution in [0.1, 0.15) is 13.8 Å². The van der Waals surface area contributed by atoms with Crippen molar-refractivity contribution in [2.75, 3.05) is 31.5 Å². The molecule has 1 aromatic carbocycles. The second-order valence-electron chi connectivity index (χ2n) is 3.21. The highest BCUT2D eigenvalue weighted by atomic mass is 16.2. The predicted molar refractivity (Wildman–Crippen MR) is 57.6 cm³/mol. The summed E-state index contributed by atoms with van der Waals surface area (Å²) in [5.41, 5.74) is -0.318. The molecule has 0 amide bonds. The summed E-state index contributed by atoms with van der Waals surface area (Å²) in [5, 5.41) is 2.95. The van der Waals surface area contributed by atoms with E-state index in [-0.39, 0.29) is 5.43 Å². The maximum Gasteiger partial charge on any atom is 0.248 e. The fraction of sp³-hybridized carbons (Fsp3) is 0.600. The molecular weight excluding hydrogens is 180 g/mol. The number of anilines is 1. The van der Waals surface area contributed by atoms with Crippen LogP contribution in [0, 0.1) is 0 Å². The molecule has 1 N–H and O–H groups in total. The van der Waals surface area contributed by atoms with E-state index < -0.39 is 5.43 Å². The molecule has 0 saturated heterocycles. The minimum absolute atomic E-state index is 0.385. The highest BCUT2D eigenvalue weighted by Gasteiger charge is 2.08. The summed E-state index contributed by atoms with van der Waals surface area (Å²) in [6.07, 6.45) is 0. The minimum Gasteiger partial charge on any atom is -0.380 e. The molecule has 0 heterocycles. The molecule has 0 radical (unpaired) electrons. The van der Waals surface area contributed by atoms with Gasteiger partial charge in [-0.05, 0) is 13.1 Å². The van der Waals surface area contributed by atoms with Gasteiger partial charge in [-0.2, -0.15) is 0 Å². The lowest BCUT2D eigenvalue weighted by Gasteiger charge is -2.18. The van der Waals surface area contributed by atoms with Crippen LogP contribution in [-0.4, -0.2) is 31.1 Å². The molecular formula is C10H16N2O2. The molecule has 14 heavy (non-hydrogen) atoms. The molecule has 0 aliphatic rings. The molecule has 0 aliphatic carbocycles. The standard InChI is InChI=1S/C10H16N2O2/c1-3-12(4-2)6-5-11-8-7-9(13)10(8)14/h7,11H,3-6H2,1-2H3. The van der Waals surface area contributed by atoms with Crippen molar-refractivity contribution < 1.29 is 0 Å². The number of nitrogens with one attached hydrogen (secondary N) is 1. The Labute approximate surface area is 83.2 Å². The van der Waals surface area contributed by atoms with Gasteiger partial charge in [0.2, 0.25) is 10.9 Å². The molecule has 0 fully saturated rings. The summed E-state index contributed by atoms with van der Waals surface area (Å²) in [6.45, 7) is 7.81. The summed E-state index contributed by atoms with van der Waals surface area (Å²) in [4.78, 5) is 23.7. The quantitative estimate of drug-likeness (QED) is 0.652. The van der Waals surface area contributed by atoms with Crippen molar-refractivity contribution in [1.29, 1.82) is 0 Å². The van der Waals surface area contributed by atoms with E-state index >= 15 is 0 Å². The van der Waals surface area contributed by atoms with Crippen LogP contribution in [0.2, 0.25) is 0 Å². The fourth-order valence-corrected chi connectivity index (χ4v) is 1.34. The zero-order chi connectivity index (χ0) is 10.6. The lowest BCUT2D eigenvalue weighted by Crippen LogP contribution is -2.35. The smallest absolute Gasteiger partial charge is 0.248 e. The van der Waals surface area contributed by atoms with Crippen molar-refractivity contribution >= 4 is 5.69 Å². The van der Waals surface area contributed by atoms with Gasteiger partial charge in [-0.25, -0.2) is 0 Å². The van der Waals surface area contributed by atoms with Crippen molar-refractivity contribution in [2.24, 2.45) is 0 Å². The Morgan fingerprint density at radius 2 is 1.93 bits per heavy atom. The van der Waals surface area contributed by atoms with Gasteiger partial charge in [0.05, 0.1) is 5.69 Å². The van der Waals surface area contributed by atoms with Gasteiger partial charge in [0.25, 0.3) is 0 Å². The van der Waals surface area contributed by atoms with E-state index in [1.165, 1.54) is 6.07 Å². The monoisotopic (exact) mass is 196 g/mol. The second-order valence-corrected chi connectivity index (χ2v) is 3.21. The average Bonchev–Trinajstić information content (AvgIpc) is 2.22. The summed E-state index contributed by atoms with van der Waals surface area (Å²) < 4.78 is 0. The largest absolute Gasteiger partial charge is 0.380 e. The first-order valence-corrected chi connectivity index (χ1v) is 4.95. The molecule has 0 unspecified atom stereocenters. The highest BCUT2D eigenvalue weighted by Crippen LogP contribution is 1.94. The topological polar surface area (TPSA) is 49.4 Å². The molecule has 4 nitrogen and oxygen atoms in total. The van der Waals surface area contributed by atoms with Crippen LogP contribution in [0.4, 0.5) is 5.69 Å². The van der Waals surface area contributed by atoms with Gasteiger partial charge < -0.3 is 10.2 Å². The maximum absolute atomic E-state index is 10.9. The van der Waals surface area contributed by atoms with Crippen LogP contribution in [0.25, 0.3) is 0 Å². The molecule has 4 heteroatoms. The zero-order valence-electron chi connectivity index (χ0n) is 8.67. The lowest BCUT2D eigenvalue weighted by atomic mass is 10.2. The fourth-order valence-electron chi connectivity index (χ4n) is 1.34. The first-order chi connectivity index (χ1) is 6.69. The Morgan fingerprint density at radius 3 is 2.36 bits per heavy atom. The summed E-state index contributed by atoms with van der Waals surface area (Å²) in [5.74, 6) is 0. The van der Waals surface area contributed by atoms with Gasteiger partial charge in [0, 0.05) is 19.2 Å². The normalized spacial score (nSPS) is 11.1. The first kappa shape index (κ1) is 10.9. The second kappa shape index (κ2) is 4.91. The summed E-state index contributed by atoms with van der Waals surface area (Å²) >= 11 is 0. The Kier molecular flexibility index (Phi) is 3.83. The molecule has 0 spiro atoms. The van der Waals surface area contributed by atoms with E-state index in [1.807, 2.05) is 0 Å². The first-order valence-electron chi connectivity index (χ1n) is 4.95. The Balaban J connectivity index is 2.26. The van der Waals surface area contributed by atoms with Crippen molar-refractivity contribution in [3.8, 4) is 0 Å². The van der Waals surface area contributed by atoms with Crippen LogP contribution >= 0.6 is 0 Å². The van der Waals surface area contributed by atoms with Crippen LogP contribution < -0.4 is 16.2 Å². The van der Waals surface area contributed by atoms with Crippen molar-refractivity contribution in [3.63, 3.8) is 0 Å². The van der Waals surface area contributed by atoms with Crippen LogP contribution in [0.15, 0.2) is 15.7 Å².